The minimum atomic E-state index is 1.09. The molecule has 0 heterocycles. The lowest BCUT2D eigenvalue weighted by Crippen LogP contribution is -2.78. The summed E-state index contributed by atoms with van der Waals surface area (Å²) in [5, 5.41) is 1.93. The van der Waals surface area contributed by atoms with Gasteiger partial charge in [-0.1, -0.05) is 0 Å². The predicted octanol–water partition coefficient (Wildman–Crippen LogP) is -1.10. The van der Waals surface area contributed by atoms with Crippen LogP contribution in [0.5, 0.6) is 0 Å². The molecule has 0 aliphatic rings. The Morgan fingerprint density at radius 1 is 1.57 bits per heavy atom. The van der Waals surface area contributed by atoms with E-state index in [4.69, 9.17) is 0 Å². The molecule has 0 rings (SSSR count). The summed E-state index contributed by atoms with van der Waals surface area (Å²) in [6.45, 7) is 2.20. The van der Waals surface area contributed by atoms with Crippen molar-refractivity contribution in [2.45, 2.75) is 0 Å². The van der Waals surface area contributed by atoms with E-state index in [1.54, 1.807) is 0 Å². The Bertz CT molecular complexity index is 35.1. The zero-order valence-corrected chi connectivity index (χ0v) is 5.15. The fraction of sp³-hybridized carbons (Fsp3) is 0.800. The molecule has 0 atom stereocenters. The standard InChI is InChI=1S/C5H14N2/c1-6-4-5-7(2)3/h1,4-6H2,2-3H3. The van der Waals surface area contributed by atoms with E-state index >= 15 is 0 Å². The third-order valence-corrected chi connectivity index (χ3v) is 0.780. The number of quaternary nitrogens is 1. The summed E-state index contributed by atoms with van der Waals surface area (Å²) < 4.78 is 0. The smallest absolute Gasteiger partial charge is 0.0644 e. The molecular formula is C5H14N2. The lowest BCUT2D eigenvalue weighted by Gasteiger charge is -2.06. The highest BCUT2D eigenvalue weighted by molar-refractivity contribution is 4.34. The minimum Gasteiger partial charge on any atom is -0.478 e. The maximum absolute atomic E-state index is 3.61. The third kappa shape index (κ3) is 5.92. The van der Waals surface area contributed by atoms with Gasteiger partial charge in [-0.15, -0.1) is 0 Å². The molecule has 2 N–H and O–H groups in total. The number of nitrogens with zero attached hydrogens (tertiary/aromatic N) is 1. The van der Waals surface area contributed by atoms with Gasteiger partial charge in [-0.25, -0.2) is 0 Å². The van der Waals surface area contributed by atoms with Gasteiger partial charge < -0.3 is 10.2 Å². The Hall–Kier alpha value is -0.0800. The topological polar surface area (TPSA) is 19.9 Å². The van der Waals surface area contributed by atoms with Gasteiger partial charge in [0.2, 0.25) is 0 Å². The van der Waals surface area contributed by atoms with Crippen molar-refractivity contribution < 1.29 is 5.32 Å². The van der Waals surface area contributed by atoms with Crippen molar-refractivity contribution in [2.75, 3.05) is 27.2 Å². The molecule has 0 bridgehead atoms. The van der Waals surface area contributed by atoms with Crippen LogP contribution in [0.3, 0.4) is 0 Å². The number of rotatable bonds is 3. The van der Waals surface area contributed by atoms with Crippen LogP contribution in [-0.4, -0.2) is 32.1 Å². The first-order valence-electron chi connectivity index (χ1n) is 2.53. The highest BCUT2D eigenvalue weighted by atomic mass is 15.1. The Labute approximate surface area is 45.5 Å². The fourth-order valence-corrected chi connectivity index (χ4v) is 0.349. The lowest BCUT2D eigenvalue weighted by molar-refractivity contribution is -0.595. The second-order valence-corrected chi connectivity index (χ2v) is 1.88. The molecule has 0 aliphatic heterocycles. The Balaban J connectivity index is 2.68. The SMILES string of the molecule is [CH2-][NH2+]CCN(C)C. The molecule has 0 unspecified atom stereocenters. The normalized spacial score (nSPS) is 10.3. The molecule has 0 aliphatic carbocycles. The van der Waals surface area contributed by atoms with Gasteiger partial charge in [0.15, 0.2) is 0 Å². The molecule has 0 saturated heterocycles. The molecule has 0 fully saturated rings. The summed E-state index contributed by atoms with van der Waals surface area (Å²) >= 11 is 0. The van der Waals surface area contributed by atoms with Crippen molar-refractivity contribution in [3.63, 3.8) is 0 Å². The minimum absolute atomic E-state index is 1.09. The van der Waals surface area contributed by atoms with Gasteiger partial charge in [0.25, 0.3) is 0 Å². The van der Waals surface area contributed by atoms with E-state index in [2.05, 4.69) is 26.0 Å². The van der Waals surface area contributed by atoms with Gasteiger partial charge >= 0.3 is 0 Å². The van der Waals surface area contributed by atoms with Crippen LogP contribution in [-0.2, 0) is 0 Å². The van der Waals surface area contributed by atoms with E-state index < -0.39 is 0 Å². The van der Waals surface area contributed by atoms with Crippen molar-refractivity contribution in [2.24, 2.45) is 0 Å². The average molecular weight is 102 g/mol. The van der Waals surface area contributed by atoms with Gasteiger partial charge in [0, 0.05) is 6.54 Å². The quantitative estimate of drug-likeness (QED) is 0.448. The molecular weight excluding hydrogens is 88.1 g/mol. The summed E-state index contributed by atoms with van der Waals surface area (Å²) in [6.07, 6.45) is 0. The molecule has 2 nitrogen and oxygen atoms in total. The number of nitrogens with two attached hydrogens (primary N) is 1. The molecule has 0 aromatic carbocycles. The Morgan fingerprint density at radius 3 is 2.29 bits per heavy atom. The van der Waals surface area contributed by atoms with Crippen LogP contribution in [0.4, 0.5) is 0 Å². The van der Waals surface area contributed by atoms with E-state index in [1.807, 2.05) is 5.32 Å². The van der Waals surface area contributed by atoms with Crippen LogP contribution in [0.1, 0.15) is 0 Å². The van der Waals surface area contributed by atoms with E-state index in [0.29, 0.717) is 0 Å². The first-order chi connectivity index (χ1) is 3.27. The maximum Gasteiger partial charge on any atom is 0.0644 e. The summed E-state index contributed by atoms with van der Waals surface area (Å²) in [5.41, 5.74) is 0. The second kappa shape index (κ2) is 4.09. The van der Waals surface area contributed by atoms with Crippen LogP contribution in [0, 0.1) is 7.05 Å². The van der Waals surface area contributed by atoms with Gasteiger partial charge in [0.05, 0.1) is 6.54 Å². The number of hydrogen-bond acceptors (Lipinski definition) is 1. The third-order valence-electron chi connectivity index (χ3n) is 0.780. The van der Waals surface area contributed by atoms with Crippen molar-refractivity contribution in [3.05, 3.63) is 7.05 Å². The molecule has 0 saturated carbocycles. The second-order valence-electron chi connectivity index (χ2n) is 1.88. The van der Waals surface area contributed by atoms with Crippen molar-refractivity contribution in [1.29, 1.82) is 0 Å². The zero-order valence-electron chi connectivity index (χ0n) is 5.15. The molecule has 2 heteroatoms. The summed E-state index contributed by atoms with van der Waals surface area (Å²) in [7, 11) is 7.72. The van der Waals surface area contributed by atoms with Crippen molar-refractivity contribution in [1.82, 2.24) is 4.90 Å². The van der Waals surface area contributed by atoms with Gasteiger partial charge in [0.1, 0.15) is 0 Å². The van der Waals surface area contributed by atoms with Crippen LogP contribution < -0.4 is 5.32 Å². The maximum atomic E-state index is 3.61. The van der Waals surface area contributed by atoms with E-state index in [9.17, 15) is 0 Å². The number of hydrogen-bond donors (Lipinski definition) is 1. The largest absolute Gasteiger partial charge is 0.478 e. The fourth-order valence-electron chi connectivity index (χ4n) is 0.349. The number of likely N-dealkylation sites (N-methyl/N-ethyl adjacent to an activating group) is 1. The van der Waals surface area contributed by atoms with Gasteiger partial charge in [-0.2, -0.15) is 7.05 Å². The first-order valence-corrected chi connectivity index (χ1v) is 2.53. The molecule has 0 spiro atoms. The highest BCUT2D eigenvalue weighted by Gasteiger charge is 1.83. The van der Waals surface area contributed by atoms with Gasteiger partial charge in [-0.3, -0.25) is 0 Å². The van der Waals surface area contributed by atoms with Crippen LogP contribution in [0.15, 0.2) is 0 Å². The molecule has 0 amide bonds. The molecule has 44 valence electrons. The zero-order chi connectivity index (χ0) is 5.70. The molecule has 0 aromatic heterocycles. The average Bonchev–Trinajstić information content (AvgIpc) is 1.61. The Morgan fingerprint density at radius 2 is 2.14 bits per heavy atom. The lowest BCUT2D eigenvalue weighted by atomic mass is 10.6. The Kier molecular flexibility index (Phi) is 4.04. The molecule has 0 aromatic rings. The molecule has 7 heavy (non-hydrogen) atoms. The molecule has 0 radical (unpaired) electrons. The monoisotopic (exact) mass is 102 g/mol. The van der Waals surface area contributed by atoms with Crippen LogP contribution in [0.25, 0.3) is 0 Å². The van der Waals surface area contributed by atoms with E-state index in [0.717, 1.165) is 13.1 Å². The predicted molar refractivity (Wildman–Crippen MR) is 30.7 cm³/mol. The van der Waals surface area contributed by atoms with E-state index in [1.165, 1.54) is 0 Å². The van der Waals surface area contributed by atoms with Gasteiger partial charge in [-0.05, 0) is 14.1 Å². The van der Waals surface area contributed by atoms with Crippen molar-refractivity contribution in [3.8, 4) is 0 Å². The van der Waals surface area contributed by atoms with Crippen LogP contribution in [0.2, 0.25) is 0 Å². The van der Waals surface area contributed by atoms with Crippen molar-refractivity contribution >= 4 is 0 Å². The summed E-state index contributed by atoms with van der Waals surface area (Å²) in [5.74, 6) is 0. The summed E-state index contributed by atoms with van der Waals surface area (Å²) in [4.78, 5) is 2.14. The summed E-state index contributed by atoms with van der Waals surface area (Å²) in [6, 6.07) is 0. The first kappa shape index (κ1) is 6.92. The highest BCUT2D eigenvalue weighted by Crippen LogP contribution is 1.63. The van der Waals surface area contributed by atoms with E-state index in [-0.39, 0.29) is 0 Å². The van der Waals surface area contributed by atoms with Crippen LogP contribution >= 0.6 is 0 Å².